The maximum absolute atomic E-state index is 12.7. The summed E-state index contributed by atoms with van der Waals surface area (Å²) in [6.07, 6.45) is 1.07. The van der Waals surface area contributed by atoms with Crippen molar-refractivity contribution in [2.45, 2.75) is 19.4 Å². The van der Waals surface area contributed by atoms with Crippen molar-refractivity contribution in [1.29, 1.82) is 0 Å². The number of hydrogen-bond donors (Lipinski definition) is 0. The monoisotopic (exact) mass is 352 g/mol. The standard InChI is InChI=1S/C16H21BrN2O2/c1-12-2-3-13(17)10-15(12)16(20)19-5-4-14(11-19)18-6-8-21-9-7-18/h2-3,10,14H,4-9,11H2,1H3. The Bertz CT molecular complexity index is 529. The first kappa shape index (κ1) is 15.0. The molecule has 1 amide bonds. The van der Waals surface area contributed by atoms with Gasteiger partial charge in [-0.05, 0) is 31.0 Å². The molecule has 2 saturated heterocycles. The van der Waals surface area contributed by atoms with Crippen molar-refractivity contribution >= 4 is 21.8 Å². The van der Waals surface area contributed by atoms with E-state index in [0.717, 1.165) is 61.4 Å². The average molecular weight is 353 g/mol. The van der Waals surface area contributed by atoms with Gasteiger partial charge in [0.1, 0.15) is 0 Å². The topological polar surface area (TPSA) is 32.8 Å². The number of carbonyl (C=O) groups is 1. The summed E-state index contributed by atoms with van der Waals surface area (Å²) < 4.78 is 6.36. The van der Waals surface area contributed by atoms with E-state index in [1.165, 1.54) is 0 Å². The third-order valence-corrected chi connectivity index (χ3v) is 4.94. The zero-order valence-electron chi connectivity index (χ0n) is 12.3. The van der Waals surface area contributed by atoms with Gasteiger partial charge in [-0.1, -0.05) is 22.0 Å². The van der Waals surface area contributed by atoms with Gasteiger partial charge in [0.05, 0.1) is 13.2 Å². The lowest BCUT2D eigenvalue weighted by Crippen LogP contribution is -2.45. The minimum atomic E-state index is 0.157. The predicted molar refractivity (Wildman–Crippen MR) is 85.6 cm³/mol. The normalized spacial score (nSPS) is 23.5. The fourth-order valence-corrected chi connectivity index (χ4v) is 3.52. The molecule has 0 N–H and O–H groups in total. The highest BCUT2D eigenvalue weighted by atomic mass is 79.9. The first-order chi connectivity index (χ1) is 10.1. The number of likely N-dealkylation sites (tertiary alicyclic amines) is 1. The molecule has 2 aliphatic heterocycles. The van der Waals surface area contributed by atoms with Crippen LogP contribution in [-0.2, 0) is 4.74 Å². The summed E-state index contributed by atoms with van der Waals surface area (Å²) in [5.74, 6) is 0.157. The molecule has 1 unspecified atom stereocenters. The molecule has 3 rings (SSSR count). The molecule has 0 saturated carbocycles. The summed E-state index contributed by atoms with van der Waals surface area (Å²) in [7, 11) is 0. The molecule has 1 atom stereocenters. The Labute approximate surface area is 134 Å². The number of ether oxygens (including phenoxy) is 1. The van der Waals surface area contributed by atoms with Crippen LogP contribution in [0.25, 0.3) is 0 Å². The molecular weight excluding hydrogens is 332 g/mol. The smallest absolute Gasteiger partial charge is 0.254 e. The summed E-state index contributed by atoms with van der Waals surface area (Å²) >= 11 is 3.45. The van der Waals surface area contributed by atoms with E-state index in [-0.39, 0.29) is 5.91 Å². The highest BCUT2D eigenvalue weighted by Gasteiger charge is 2.31. The Balaban J connectivity index is 1.67. The van der Waals surface area contributed by atoms with E-state index in [9.17, 15) is 4.79 Å². The summed E-state index contributed by atoms with van der Waals surface area (Å²) in [4.78, 5) is 17.2. The lowest BCUT2D eigenvalue weighted by Gasteiger charge is -2.32. The van der Waals surface area contributed by atoms with Gasteiger partial charge in [-0.25, -0.2) is 0 Å². The van der Waals surface area contributed by atoms with Gasteiger partial charge >= 0.3 is 0 Å². The van der Waals surface area contributed by atoms with Gasteiger partial charge in [0.15, 0.2) is 0 Å². The van der Waals surface area contributed by atoms with Gasteiger partial charge < -0.3 is 9.64 Å². The molecule has 114 valence electrons. The number of morpholine rings is 1. The maximum atomic E-state index is 12.7. The van der Waals surface area contributed by atoms with Crippen LogP contribution in [0.1, 0.15) is 22.3 Å². The SMILES string of the molecule is Cc1ccc(Br)cc1C(=O)N1CCC(N2CCOCC2)C1. The van der Waals surface area contributed by atoms with Gasteiger partial charge in [-0.3, -0.25) is 9.69 Å². The number of hydrogen-bond acceptors (Lipinski definition) is 3. The lowest BCUT2D eigenvalue weighted by molar-refractivity contribution is 0.0185. The predicted octanol–water partition coefficient (Wildman–Crippen LogP) is 2.30. The zero-order chi connectivity index (χ0) is 14.8. The molecule has 4 nitrogen and oxygen atoms in total. The zero-order valence-corrected chi connectivity index (χ0v) is 13.9. The van der Waals surface area contributed by atoms with Crippen molar-refractivity contribution in [1.82, 2.24) is 9.80 Å². The van der Waals surface area contributed by atoms with Crippen LogP contribution in [0.2, 0.25) is 0 Å². The molecule has 0 spiro atoms. The van der Waals surface area contributed by atoms with Crippen LogP contribution in [-0.4, -0.2) is 61.1 Å². The van der Waals surface area contributed by atoms with E-state index in [4.69, 9.17) is 4.74 Å². The molecule has 0 aliphatic carbocycles. The second-order valence-corrected chi connectivity index (χ2v) is 6.72. The van der Waals surface area contributed by atoms with Gasteiger partial charge in [-0.15, -0.1) is 0 Å². The molecule has 5 heteroatoms. The first-order valence-electron chi connectivity index (χ1n) is 7.52. The van der Waals surface area contributed by atoms with E-state index >= 15 is 0 Å². The van der Waals surface area contributed by atoms with Crippen molar-refractivity contribution in [2.75, 3.05) is 39.4 Å². The number of carbonyl (C=O) groups excluding carboxylic acids is 1. The van der Waals surface area contributed by atoms with Gasteiger partial charge in [-0.2, -0.15) is 0 Å². The second-order valence-electron chi connectivity index (χ2n) is 5.80. The number of amides is 1. The van der Waals surface area contributed by atoms with Crippen molar-refractivity contribution in [3.8, 4) is 0 Å². The van der Waals surface area contributed by atoms with Crippen LogP contribution in [0, 0.1) is 6.92 Å². The van der Waals surface area contributed by atoms with Crippen LogP contribution < -0.4 is 0 Å². The van der Waals surface area contributed by atoms with E-state index in [0.29, 0.717) is 6.04 Å². The molecule has 1 aromatic rings. The average Bonchev–Trinajstić information content (AvgIpc) is 3.00. The largest absolute Gasteiger partial charge is 0.379 e. The number of benzene rings is 1. The quantitative estimate of drug-likeness (QED) is 0.818. The van der Waals surface area contributed by atoms with E-state index in [1.807, 2.05) is 30.0 Å². The molecular formula is C16H21BrN2O2. The fraction of sp³-hybridized carbons (Fsp3) is 0.562. The Morgan fingerprint density at radius 1 is 1.29 bits per heavy atom. The first-order valence-corrected chi connectivity index (χ1v) is 8.31. The van der Waals surface area contributed by atoms with E-state index < -0.39 is 0 Å². The van der Waals surface area contributed by atoms with Gasteiger partial charge in [0.25, 0.3) is 5.91 Å². The van der Waals surface area contributed by atoms with Crippen LogP contribution in [0.4, 0.5) is 0 Å². The van der Waals surface area contributed by atoms with Crippen molar-refractivity contribution in [3.63, 3.8) is 0 Å². The Morgan fingerprint density at radius 2 is 2.05 bits per heavy atom. The van der Waals surface area contributed by atoms with Gasteiger partial charge in [0, 0.05) is 42.3 Å². The van der Waals surface area contributed by atoms with E-state index in [1.54, 1.807) is 0 Å². The molecule has 0 bridgehead atoms. The Hall–Kier alpha value is -0.910. The van der Waals surface area contributed by atoms with Crippen LogP contribution in [0.5, 0.6) is 0 Å². The van der Waals surface area contributed by atoms with Crippen molar-refractivity contribution in [3.05, 3.63) is 33.8 Å². The molecule has 21 heavy (non-hydrogen) atoms. The molecule has 0 aromatic heterocycles. The van der Waals surface area contributed by atoms with Crippen LogP contribution >= 0.6 is 15.9 Å². The third kappa shape index (κ3) is 3.30. The van der Waals surface area contributed by atoms with E-state index in [2.05, 4.69) is 20.8 Å². The number of halogens is 1. The minimum Gasteiger partial charge on any atom is -0.379 e. The summed E-state index contributed by atoms with van der Waals surface area (Å²) in [6.45, 7) is 7.29. The molecule has 2 aliphatic rings. The van der Waals surface area contributed by atoms with Gasteiger partial charge in [0.2, 0.25) is 0 Å². The Kier molecular flexibility index (Phi) is 4.62. The number of nitrogens with zero attached hydrogens (tertiary/aromatic N) is 2. The van der Waals surface area contributed by atoms with Crippen molar-refractivity contribution in [2.24, 2.45) is 0 Å². The lowest BCUT2D eigenvalue weighted by atomic mass is 10.1. The molecule has 2 fully saturated rings. The second kappa shape index (κ2) is 6.46. The van der Waals surface area contributed by atoms with Crippen LogP contribution in [0.3, 0.4) is 0 Å². The van der Waals surface area contributed by atoms with Crippen molar-refractivity contribution < 1.29 is 9.53 Å². The summed E-state index contributed by atoms with van der Waals surface area (Å²) in [5, 5.41) is 0. The molecule has 2 heterocycles. The number of aryl methyl sites for hydroxylation is 1. The number of rotatable bonds is 2. The van der Waals surface area contributed by atoms with Crippen LogP contribution in [0.15, 0.2) is 22.7 Å². The maximum Gasteiger partial charge on any atom is 0.254 e. The summed E-state index contributed by atoms with van der Waals surface area (Å²) in [6, 6.07) is 6.39. The fourth-order valence-electron chi connectivity index (χ4n) is 3.16. The highest BCUT2D eigenvalue weighted by molar-refractivity contribution is 9.10. The molecule has 1 aromatic carbocycles. The molecule has 0 radical (unpaired) electrons. The third-order valence-electron chi connectivity index (χ3n) is 4.44. The summed E-state index contributed by atoms with van der Waals surface area (Å²) in [5.41, 5.74) is 1.85. The minimum absolute atomic E-state index is 0.157. The Morgan fingerprint density at radius 3 is 2.81 bits per heavy atom. The highest BCUT2D eigenvalue weighted by Crippen LogP contribution is 2.22.